The predicted octanol–water partition coefficient (Wildman–Crippen LogP) is 3.72. The van der Waals surface area contributed by atoms with Crippen LogP contribution in [0.15, 0.2) is 54.7 Å². The van der Waals surface area contributed by atoms with Gasteiger partial charge in [0.15, 0.2) is 0 Å². The molecule has 11 nitrogen and oxygen atoms in total. The van der Waals surface area contributed by atoms with Crippen molar-refractivity contribution < 1.29 is 29.4 Å². The van der Waals surface area contributed by atoms with E-state index in [2.05, 4.69) is 16.0 Å². The van der Waals surface area contributed by atoms with E-state index in [0.29, 0.717) is 25.1 Å². The monoisotopic (exact) mass is 619 g/mol. The number of hydrogen-bond donors (Lipinski definition) is 5. The molecule has 4 rings (SSSR count). The van der Waals surface area contributed by atoms with E-state index in [9.17, 15) is 29.4 Å². The van der Waals surface area contributed by atoms with Crippen molar-refractivity contribution in [2.45, 2.75) is 76.9 Å². The number of hydrogen-bond acceptors (Lipinski definition) is 5. The maximum absolute atomic E-state index is 13.8. The Labute approximate surface area is 264 Å². The van der Waals surface area contributed by atoms with Crippen molar-refractivity contribution in [2.75, 3.05) is 13.1 Å². The van der Waals surface area contributed by atoms with Crippen LogP contribution in [0.3, 0.4) is 0 Å². The largest absolute Gasteiger partial charge is 0.508 e. The van der Waals surface area contributed by atoms with Gasteiger partial charge in [0.05, 0.1) is 0 Å². The molecule has 0 bridgehead atoms. The van der Waals surface area contributed by atoms with Gasteiger partial charge in [0.25, 0.3) is 0 Å². The van der Waals surface area contributed by atoms with Crippen molar-refractivity contribution in [2.24, 2.45) is 13.0 Å². The van der Waals surface area contributed by atoms with Crippen LogP contribution < -0.4 is 16.0 Å². The van der Waals surface area contributed by atoms with E-state index >= 15 is 0 Å². The molecule has 1 fully saturated rings. The minimum atomic E-state index is -1.27. The predicted molar refractivity (Wildman–Crippen MR) is 172 cm³/mol. The molecular weight excluding hydrogens is 574 g/mol. The number of carboxylic acid groups (broad SMARTS) is 1. The van der Waals surface area contributed by atoms with Crippen LogP contribution in [0.5, 0.6) is 5.75 Å². The summed E-state index contributed by atoms with van der Waals surface area (Å²) in [6.45, 7) is 5.18. The summed E-state index contributed by atoms with van der Waals surface area (Å²) in [6, 6.07) is 10.2. The third kappa shape index (κ3) is 9.23. The Morgan fingerprint density at radius 1 is 0.800 bits per heavy atom. The molecule has 0 unspecified atom stereocenters. The van der Waals surface area contributed by atoms with Crippen LogP contribution >= 0.6 is 0 Å². The van der Waals surface area contributed by atoms with Crippen molar-refractivity contribution in [3.05, 3.63) is 65.9 Å². The van der Waals surface area contributed by atoms with Gasteiger partial charge in [0.1, 0.15) is 23.9 Å². The van der Waals surface area contributed by atoms with Gasteiger partial charge in [-0.25, -0.2) is 9.59 Å². The van der Waals surface area contributed by atoms with Crippen LogP contribution in [-0.4, -0.2) is 74.7 Å². The van der Waals surface area contributed by atoms with Gasteiger partial charge in [0, 0.05) is 50.1 Å². The second-order valence-electron chi connectivity index (χ2n) is 12.4. The highest BCUT2D eigenvalue weighted by molar-refractivity contribution is 5.94. The lowest BCUT2D eigenvalue weighted by atomic mass is 10.00. The normalized spacial score (nSPS) is 15.6. The first-order valence-electron chi connectivity index (χ1n) is 15.7. The first-order valence-corrected chi connectivity index (χ1v) is 15.7. The molecule has 242 valence electrons. The van der Waals surface area contributed by atoms with Crippen molar-refractivity contribution >= 4 is 34.7 Å². The van der Waals surface area contributed by atoms with Gasteiger partial charge < -0.3 is 35.6 Å². The van der Waals surface area contributed by atoms with Crippen molar-refractivity contribution in [3.63, 3.8) is 0 Å². The van der Waals surface area contributed by atoms with E-state index in [0.717, 1.165) is 42.1 Å². The molecule has 0 aliphatic carbocycles. The third-order valence-corrected chi connectivity index (χ3v) is 8.24. The molecule has 0 spiro atoms. The summed E-state index contributed by atoms with van der Waals surface area (Å²) in [7, 11) is 1.90. The fraction of sp³-hybridized carbons (Fsp3) is 0.471. The van der Waals surface area contributed by atoms with Crippen molar-refractivity contribution in [1.29, 1.82) is 0 Å². The van der Waals surface area contributed by atoms with E-state index in [4.69, 9.17) is 0 Å². The Kier molecular flexibility index (Phi) is 11.5. The zero-order valence-corrected chi connectivity index (χ0v) is 26.3. The zero-order chi connectivity index (χ0) is 32.5. The number of carbonyl (C=O) groups excluding carboxylic acids is 3. The highest BCUT2D eigenvalue weighted by atomic mass is 16.4. The Morgan fingerprint density at radius 2 is 1.42 bits per heavy atom. The van der Waals surface area contributed by atoms with Crippen LogP contribution in [0, 0.1) is 5.92 Å². The fourth-order valence-corrected chi connectivity index (χ4v) is 5.85. The maximum Gasteiger partial charge on any atom is 0.326 e. The number of nitrogens with zero attached hydrogens (tertiary/aromatic N) is 2. The van der Waals surface area contributed by atoms with Crippen LogP contribution in [-0.2, 0) is 34.3 Å². The van der Waals surface area contributed by atoms with Gasteiger partial charge in [-0.2, -0.15) is 0 Å². The van der Waals surface area contributed by atoms with E-state index in [1.807, 2.05) is 55.9 Å². The van der Waals surface area contributed by atoms with Gasteiger partial charge in [-0.15, -0.1) is 0 Å². The van der Waals surface area contributed by atoms with Crippen molar-refractivity contribution in [3.8, 4) is 5.75 Å². The second-order valence-corrected chi connectivity index (χ2v) is 12.4. The number of urea groups is 1. The second kappa shape index (κ2) is 15.5. The summed E-state index contributed by atoms with van der Waals surface area (Å²) in [4.78, 5) is 54.8. The lowest BCUT2D eigenvalue weighted by Crippen LogP contribution is -2.58. The van der Waals surface area contributed by atoms with Gasteiger partial charge in [-0.05, 0) is 54.5 Å². The van der Waals surface area contributed by atoms with Crippen molar-refractivity contribution in [1.82, 2.24) is 25.4 Å². The lowest BCUT2D eigenvalue weighted by Gasteiger charge is -2.28. The molecule has 2 heterocycles. The summed E-state index contributed by atoms with van der Waals surface area (Å²) >= 11 is 0. The average molecular weight is 620 g/mol. The number of phenolic OH excluding ortho intramolecular Hbond substituents is 1. The molecule has 0 saturated carbocycles. The molecule has 3 atom stereocenters. The summed E-state index contributed by atoms with van der Waals surface area (Å²) in [6.07, 6.45) is 6.31. The molecule has 0 radical (unpaired) electrons. The average Bonchev–Trinajstić information content (AvgIpc) is 3.15. The number of nitrogens with one attached hydrogen (secondary N) is 3. The Balaban J connectivity index is 1.58. The Morgan fingerprint density at radius 3 is 2.07 bits per heavy atom. The minimum Gasteiger partial charge on any atom is -0.508 e. The maximum atomic E-state index is 13.8. The van der Waals surface area contributed by atoms with E-state index < -0.39 is 35.9 Å². The molecule has 45 heavy (non-hydrogen) atoms. The number of likely N-dealkylation sites (tertiary alicyclic amines) is 1. The smallest absolute Gasteiger partial charge is 0.326 e. The molecule has 3 aromatic rings. The molecule has 4 amide bonds. The number of aryl methyl sites for hydroxylation is 1. The quantitative estimate of drug-likeness (QED) is 0.208. The number of rotatable bonds is 12. The van der Waals surface area contributed by atoms with Gasteiger partial charge in [-0.1, -0.05) is 57.0 Å². The standard InChI is InChI=1S/C34H45N5O6/c1-22(2)18-27(37-34(45)39-16-8-4-5-9-17-39)31(41)35-28(20-24-21-38(3)30-11-7-6-10-26(24)30)32(42)36-29(33(43)44)19-23-12-14-25(40)15-13-23/h6-7,10-15,21-22,27-29,40H,4-5,8-9,16-20H2,1-3H3,(H,35,41)(H,36,42)(H,37,45)(H,43,44)/t27-,28+,29+/m0/s1. The highest BCUT2D eigenvalue weighted by Crippen LogP contribution is 2.22. The number of aliphatic carboxylic acids is 1. The Bertz CT molecular complexity index is 1480. The van der Waals surface area contributed by atoms with Gasteiger partial charge >= 0.3 is 12.0 Å². The van der Waals surface area contributed by atoms with E-state index in [1.54, 1.807) is 17.0 Å². The molecule has 2 aromatic carbocycles. The molecule has 1 aliphatic heterocycles. The van der Waals surface area contributed by atoms with Gasteiger partial charge in [-0.3, -0.25) is 9.59 Å². The van der Waals surface area contributed by atoms with Crippen LogP contribution in [0.4, 0.5) is 4.79 Å². The van der Waals surface area contributed by atoms with E-state index in [-0.39, 0.29) is 30.5 Å². The number of aromatic nitrogens is 1. The number of carboxylic acids is 1. The third-order valence-electron chi connectivity index (χ3n) is 8.24. The summed E-state index contributed by atoms with van der Waals surface area (Å²) in [5.74, 6) is -2.25. The number of para-hydroxylation sites is 1. The number of aromatic hydroxyl groups is 1. The summed E-state index contributed by atoms with van der Waals surface area (Å²) < 4.78 is 1.94. The number of amides is 4. The van der Waals surface area contributed by atoms with Gasteiger partial charge in [0.2, 0.25) is 11.8 Å². The molecule has 11 heteroatoms. The molecule has 5 N–H and O–H groups in total. The first-order chi connectivity index (χ1) is 21.5. The topological polar surface area (TPSA) is 153 Å². The Hall–Kier alpha value is -4.54. The van der Waals surface area contributed by atoms with Crippen LogP contribution in [0.25, 0.3) is 10.9 Å². The number of carbonyl (C=O) groups is 4. The highest BCUT2D eigenvalue weighted by Gasteiger charge is 2.32. The lowest BCUT2D eigenvalue weighted by molar-refractivity contribution is -0.142. The molecule has 1 aliphatic rings. The number of fused-ring (bicyclic) bond motifs is 1. The van der Waals surface area contributed by atoms with Crippen LogP contribution in [0.2, 0.25) is 0 Å². The summed E-state index contributed by atoms with van der Waals surface area (Å²) in [5, 5.41) is 28.9. The minimum absolute atomic E-state index is 0.0157. The summed E-state index contributed by atoms with van der Waals surface area (Å²) in [5.41, 5.74) is 2.38. The number of benzene rings is 2. The van der Waals surface area contributed by atoms with E-state index in [1.165, 1.54) is 12.1 Å². The molecule has 1 aromatic heterocycles. The molecular formula is C34H45N5O6. The van der Waals surface area contributed by atoms with Crippen LogP contribution in [0.1, 0.15) is 57.1 Å². The fourth-order valence-electron chi connectivity index (χ4n) is 5.85. The SMILES string of the molecule is CC(C)C[C@H](NC(=O)N1CCCCCC1)C(=O)N[C@H](Cc1cn(C)c2ccccc12)C(=O)N[C@H](Cc1ccc(O)cc1)C(=O)O. The zero-order valence-electron chi connectivity index (χ0n) is 26.3. The number of phenols is 1. The first kappa shape index (κ1) is 33.4. The molecule has 1 saturated heterocycles.